The molecule has 0 aromatic heterocycles. The first kappa shape index (κ1) is 20.4. The molecule has 1 amide bonds. The number of hydrogen-bond donors (Lipinski definition) is 1. The molecule has 1 N–H and O–H groups in total. The fraction of sp³-hybridized carbons (Fsp3) is 0.938. The quantitative estimate of drug-likeness (QED) is 0.713. The number of piperazine rings is 1. The lowest BCUT2D eigenvalue weighted by Crippen LogP contribution is -2.60. The average Bonchev–Trinajstić information content (AvgIpc) is 2.37. The molecule has 1 fully saturated rings. The Morgan fingerprint density at radius 3 is 2.35 bits per heavy atom. The van der Waals surface area contributed by atoms with Crippen LogP contribution in [0.1, 0.15) is 40.5 Å². The lowest BCUT2D eigenvalue weighted by molar-refractivity contribution is -0.127. The van der Waals surface area contributed by atoms with Crippen LogP contribution in [0, 0.1) is 11.8 Å². The van der Waals surface area contributed by atoms with Gasteiger partial charge in [0.15, 0.2) is 0 Å². The maximum absolute atomic E-state index is 12.4. The van der Waals surface area contributed by atoms with Crippen LogP contribution in [0.2, 0.25) is 0 Å². The van der Waals surface area contributed by atoms with Crippen molar-refractivity contribution >= 4 is 15.9 Å². The van der Waals surface area contributed by atoms with Gasteiger partial charge in [-0.15, -0.1) is 0 Å². The van der Waals surface area contributed by atoms with E-state index in [1.54, 1.807) is 0 Å². The van der Waals surface area contributed by atoms with Gasteiger partial charge < -0.3 is 0 Å². The molecular formula is C16H33N3O3S. The highest BCUT2D eigenvalue weighted by atomic mass is 32.2. The number of sulfonamides is 1. The van der Waals surface area contributed by atoms with Crippen molar-refractivity contribution in [2.45, 2.75) is 46.6 Å². The van der Waals surface area contributed by atoms with Gasteiger partial charge in [0.25, 0.3) is 5.91 Å². The molecule has 1 aliphatic heterocycles. The number of carbonyl (C=O) groups excluding carboxylic acids is 1. The third-order valence-electron chi connectivity index (χ3n) is 4.02. The van der Waals surface area contributed by atoms with Crippen LogP contribution >= 0.6 is 0 Å². The molecule has 0 unspecified atom stereocenters. The molecule has 0 bridgehead atoms. The van der Waals surface area contributed by atoms with Crippen LogP contribution in [0.5, 0.6) is 0 Å². The second-order valence-electron chi connectivity index (χ2n) is 7.48. The average molecular weight is 348 g/mol. The number of amides is 1. The van der Waals surface area contributed by atoms with Gasteiger partial charge in [-0.3, -0.25) is 19.3 Å². The van der Waals surface area contributed by atoms with Gasteiger partial charge in [-0.1, -0.05) is 27.7 Å². The third-order valence-corrected chi connectivity index (χ3v) is 4.59. The van der Waals surface area contributed by atoms with Crippen LogP contribution in [0.15, 0.2) is 0 Å². The van der Waals surface area contributed by atoms with Crippen LogP contribution in [0.25, 0.3) is 0 Å². The van der Waals surface area contributed by atoms with E-state index in [2.05, 4.69) is 42.2 Å². The Labute approximate surface area is 141 Å². The van der Waals surface area contributed by atoms with Crippen molar-refractivity contribution in [2.75, 3.05) is 39.0 Å². The van der Waals surface area contributed by atoms with E-state index < -0.39 is 15.9 Å². The van der Waals surface area contributed by atoms with Crippen molar-refractivity contribution in [3.63, 3.8) is 0 Å². The largest absolute Gasteiger partial charge is 0.300 e. The topological polar surface area (TPSA) is 69.7 Å². The summed E-state index contributed by atoms with van der Waals surface area (Å²) in [5, 5.41) is 0. The van der Waals surface area contributed by atoms with E-state index in [9.17, 15) is 13.2 Å². The molecule has 1 aliphatic rings. The molecule has 1 saturated heterocycles. The molecule has 6 nitrogen and oxygen atoms in total. The first-order chi connectivity index (χ1) is 10.6. The van der Waals surface area contributed by atoms with Crippen LogP contribution in [-0.4, -0.2) is 69.1 Å². The van der Waals surface area contributed by atoms with E-state index in [4.69, 9.17) is 0 Å². The third kappa shape index (κ3) is 8.13. The summed E-state index contributed by atoms with van der Waals surface area (Å²) in [7, 11) is -3.51. The van der Waals surface area contributed by atoms with Crippen molar-refractivity contribution in [3.05, 3.63) is 0 Å². The number of carbonyl (C=O) groups is 1. The van der Waals surface area contributed by atoms with Gasteiger partial charge in [0.2, 0.25) is 10.0 Å². The van der Waals surface area contributed by atoms with Crippen LogP contribution in [0.3, 0.4) is 0 Å². The van der Waals surface area contributed by atoms with Crippen molar-refractivity contribution in [1.82, 2.24) is 14.5 Å². The molecule has 0 aromatic carbocycles. The Hall–Kier alpha value is -0.660. The van der Waals surface area contributed by atoms with Crippen LogP contribution in [-0.2, 0) is 14.8 Å². The fourth-order valence-corrected chi connectivity index (χ4v) is 3.49. The predicted molar refractivity (Wildman–Crippen MR) is 93.7 cm³/mol. The van der Waals surface area contributed by atoms with E-state index in [0.717, 1.165) is 38.9 Å². The minimum atomic E-state index is -3.51. The standard InChI is InChI=1S/C16H33N3O3S/c1-13(2)7-6-8-18-9-10-19(11-14(3)4)15(12-18)16(20)17-23(5,21)22/h13-15H,6-12H2,1-5H3,(H,17,20)/t15-/m1/s1. The highest BCUT2D eigenvalue weighted by Gasteiger charge is 2.33. The maximum Gasteiger partial charge on any atom is 0.252 e. The Balaban J connectivity index is 2.69. The van der Waals surface area contributed by atoms with E-state index in [1.807, 2.05) is 0 Å². The summed E-state index contributed by atoms with van der Waals surface area (Å²) in [5.74, 6) is 0.722. The van der Waals surface area contributed by atoms with Crippen molar-refractivity contribution in [3.8, 4) is 0 Å². The van der Waals surface area contributed by atoms with E-state index in [0.29, 0.717) is 18.4 Å². The molecule has 7 heteroatoms. The van der Waals surface area contributed by atoms with Crippen LogP contribution in [0.4, 0.5) is 0 Å². The summed E-state index contributed by atoms with van der Waals surface area (Å²) < 4.78 is 24.9. The Bertz CT molecular complexity index is 477. The summed E-state index contributed by atoms with van der Waals surface area (Å²) in [6.45, 7) is 12.8. The first-order valence-electron chi connectivity index (χ1n) is 8.56. The molecule has 0 aromatic rings. The van der Waals surface area contributed by atoms with Gasteiger partial charge in [-0.2, -0.15) is 0 Å². The Morgan fingerprint density at radius 1 is 1.17 bits per heavy atom. The highest BCUT2D eigenvalue weighted by molar-refractivity contribution is 7.89. The van der Waals surface area contributed by atoms with Crippen LogP contribution < -0.4 is 4.72 Å². The van der Waals surface area contributed by atoms with Crippen molar-refractivity contribution < 1.29 is 13.2 Å². The summed E-state index contributed by atoms with van der Waals surface area (Å²) >= 11 is 0. The zero-order chi connectivity index (χ0) is 17.6. The molecule has 1 atom stereocenters. The van der Waals surface area contributed by atoms with Gasteiger partial charge >= 0.3 is 0 Å². The van der Waals surface area contributed by atoms with E-state index >= 15 is 0 Å². The molecule has 0 saturated carbocycles. The van der Waals surface area contributed by atoms with Crippen molar-refractivity contribution in [1.29, 1.82) is 0 Å². The second kappa shape index (κ2) is 8.99. The molecule has 1 heterocycles. The van der Waals surface area contributed by atoms with E-state index in [-0.39, 0.29) is 6.04 Å². The summed E-state index contributed by atoms with van der Waals surface area (Å²) in [6, 6.07) is -0.389. The van der Waals surface area contributed by atoms with Gasteiger partial charge in [-0.25, -0.2) is 8.42 Å². The Morgan fingerprint density at radius 2 is 1.83 bits per heavy atom. The van der Waals surface area contributed by atoms with Gasteiger partial charge in [0.1, 0.15) is 6.04 Å². The fourth-order valence-electron chi connectivity index (χ4n) is 2.99. The smallest absolute Gasteiger partial charge is 0.252 e. The maximum atomic E-state index is 12.4. The predicted octanol–water partition coefficient (Wildman–Crippen LogP) is 1.14. The van der Waals surface area contributed by atoms with Gasteiger partial charge in [0, 0.05) is 26.2 Å². The van der Waals surface area contributed by atoms with Crippen molar-refractivity contribution in [2.24, 2.45) is 11.8 Å². The Kier molecular flexibility index (Phi) is 7.97. The SMILES string of the molecule is CC(C)CCCN1CCN(CC(C)C)[C@@H](C(=O)NS(C)(=O)=O)C1. The number of nitrogens with one attached hydrogen (secondary N) is 1. The second-order valence-corrected chi connectivity index (χ2v) is 9.23. The number of nitrogens with zero attached hydrogens (tertiary/aromatic N) is 2. The minimum absolute atomic E-state index is 0.389. The monoisotopic (exact) mass is 347 g/mol. The molecule has 1 rings (SSSR count). The molecule has 23 heavy (non-hydrogen) atoms. The summed E-state index contributed by atoms with van der Waals surface area (Å²) in [5.41, 5.74) is 0. The zero-order valence-corrected chi connectivity index (χ0v) is 16.0. The zero-order valence-electron chi connectivity index (χ0n) is 15.2. The summed E-state index contributed by atoms with van der Waals surface area (Å²) in [4.78, 5) is 16.8. The number of rotatable bonds is 8. The molecule has 0 spiro atoms. The molecular weight excluding hydrogens is 314 g/mol. The van der Waals surface area contributed by atoms with E-state index in [1.165, 1.54) is 6.42 Å². The summed E-state index contributed by atoms with van der Waals surface area (Å²) in [6.07, 6.45) is 3.32. The van der Waals surface area contributed by atoms with Gasteiger partial charge in [-0.05, 0) is 31.2 Å². The molecule has 0 aliphatic carbocycles. The molecule has 0 radical (unpaired) electrons. The molecule has 136 valence electrons. The highest BCUT2D eigenvalue weighted by Crippen LogP contribution is 2.14. The lowest BCUT2D eigenvalue weighted by Gasteiger charge is -2.41. The lowest BCUT2D eigenvalue weighted by atomic mass is 10.1. The van der Waals surface area contributed by atoms with Gasteiger partial charge in [0.05, 0.1) is 6.26 Å². The normalized spacial score (nSPS) is 21.1. The number of hydrogen-bond acceptors (Lipinski definition) is 5. The first-order valence-corrected chi connectivity index (χ1v) is 10.5. The minimum Gasteiger partial charge on any atom is -0.300 e.